The van der Waals surface area contributed by atoms with Gasteiger partial charge in [-0.05, 0) is 48.7 Å². The monoisotopic (exact) mass is 573 g/mol. The van der Waals surface area contributed by atoms with Crippen LogP contribution in [0.25, 0.3) is 0 Å². The number of guanidine groups is 1. The fourth-order valence-corrected chi connectivity index (χ4v) is 3.03. The van der Waals surface area contributed by atoms with Crippen molar-refractivity contribution in [1.82, 2.24) is 10.6 Å². The minimum absolute atomic E-state index is 0. The molecule has 0 aliphatic heterocycles. The van der Waals surface area contributed by atoms with Gasteiger partial charge in [0, 0.05) is 26.3 Å². The third-order valence-corrected chi connectivity index (χ3v) is 4.73. The summed E-state index contributed by atoms with van der Waals surface area (Å²) in [5.41, 5.74) is 2.07. The van der Waals surface area contributed by atoms with Crippen molar-refractivity contribution in [3.05, 3.63) is 47.5 Å². The second-order valence-electron chi connectivity index (χ2n) is 6.88. The predicted octanol–water partition coefficient (Wildman–Crippen LogP) is 4.00. The van der Waals surface area contributed by atoms with Gasteiger partial charge < -0.3 is 34.3 Å². The number of halogens is 1. The Hall–Kier alpha value is -2.40. The lowest BCUT2D eigenvalue weighted by Gasteiger charge is -2.15. The Morgan fingerprint density at radius 1 is 0.848 bits per heavy atom. The number of methoxy groups -OCH3 is 4. The number of rotatable bonds is 13. The summed E-state index contributed by atoms with van der Waals surface area (Å²) in [5.74, 6) is 3.32. The van der Waals surface area contributed by atoms with Gasteiger partial charge in [-0.3, -0.25) is 0 Å². The van der Waals surface area contributed by atoms with Crippen molar-refractivity contribution in [1.29, 1.82) is 0 Å². The lowest BCUT2D eigenvalue weighted by molar-refractivity contribution is 0.145. The van der Waals surface area contributed by atoms with Crippen molar-refractivity contribution in [3.63, 3.8) is 0 Å². The Morgan fingerprint density at radius 3 is 2.06 bits per heavy atom. The molecule has 0 spiro atoms. The molecule has 2 N–H and O–H groups in total. The molecule has 0 aliphatic rings. The molecule has 0 aliphatic carbocycles. The van der Waals surface area contributed by atoms with Crippen molar-refractivity contribution in [2.45, 2.75) is 26.4 Å². The van der Waals surface area contributed by atoms with E-state index in [0.717, 1.165) is 36.4 Å². The molecule has 2 rings (SSSR count). The summed E-state index contributed by atoms with van der Waals surface area (Å²) in [4.78, 5) is 4.74. The lowest BCUT2D eigenvalue weighted by Crippen LogP contribution is -2.37. The molecule has 184 valence electrons. The summed E-state index contributed by atoms with van der Waals surface area (Å²) in [6, 6.07) is 11.7. The molecule has 0 unspecified atom stereocenters. The van der Waals surface area contributed by atoms with Gasteiger partial charge >= 0.3 is 0 Å². The second-order valence-corrected chi connectivity index (χ2v) is 6.88. The molecule has 0 aromatic heterocycles. The van der Waals surface area contributed by atoms with Crippen LogP contribution in [0.1, 0.15) is 24.5 Å². The number of hydrogen-bond donors (Lipinski definition) is 2. The highest BCUT2D eigenvalue weighted by Crippen LogP contribution is 2.38. The van der Waals surface area contributed by atoms with E-state index >= 15 is 0 Å². The number of ether oxygens (including phenoxy) is 5. The summed E-state index contributed by atoms with van der Waals surface area (Å²) >= 11 is 0. The van der Waals surface area contributed by atoms with E-state index in [2.05, 4.69) is 10.6 Å². The van der Waals surface area contributed by atoms with Crippen molar-refractivity contribution in [2.24, 2.45) is 4.99 Å². The Kier molecular flexibility index (Phi) is 14.1. The highest BCUT2D eigenvalue weighted by molar-refractivity contribution is 14.0. The molecule has 33 heavy (non-hydrogen) atoms. The highest BCUT2D eigenvalue weighted by Gasteiger charge is 2.13. The van der Waals surface area contributed by atoms with Crippen LogP contribution in [-0.4, -0.2) is 54.2 Å². The zero-order valence-corrected chi connectivity index (χ0v) is 22.4. The van der Waals surface area contributed by atoms with Gasteiger partial charge in [-0.15, -0.1) is 24.0 Å². The first-order valence-corrected chi connectivity index (χ1v) is 10.7. The quantitative estimate of drug-likeness (QED) is 0.162. The van der Waals surface area contributed by atoms with Crippen LogP contribution in [0.15, 0.2) is 41.4 Å². The van der Waals surface area contributed by atoms with Gasteiger partial charge in [-0.25, -0.2) is 4.99 Å². The molecule has 0 fully saturated rings. The van der Waals surface area contributed by atoms with Crippen LogP contribution in [-0.2, 0) is 17.8 Å². The van der Waals surface area contributed by atoms with Crippen LogP contribution in [0, 0.1) is 0 Å². The molecule has 0 amide bonds. The summed E-state index contributed by atoms with van der Waals surface area (Å²) in [6.45, 7) is 5.26. The van der Waals surface area contributed by atoms with E-state index in [1.54, 1.807) is 28.4 Å². The first kappa shape index (κ1) is 28.6. The molecule has 0 heterocycles. The first-order chi connectivity index (χ1) is 15.6. The third-order valence-electron chi connectivity index (χ3n) is 4.73. The molecule has 8 nitrogen and oxygen atoms in total. The number of nitrogens with zero attached hydrogens (tertiary/aromatic N) is 1. The lowest BCUT2D eigenvalue weighted by atomic mass is 10.2. The maximum absolute atomic E-state index is 5.44. The molecule has 0 saturated carbocycles. The van der Waals surface area contributed by atoms with Crippen LogP contribution in [0.5, 0.6) is 23.0 Å². The van der Waals surface area contributed by atoms with Gasteiger partial charge in [0.05, 0.1) is 35.0 Å². The molecule has 0 saturated heterocycles. The SMILES string of the molecule is CCOCCCNC(=NCc1cc(OC)c(OC)c(OC)c1)NCc1ccc(OC)cc1.I. The Morgan fingerprint density at radius 2 is 1.52 bits per heavy atom. The van der Waals surface area contributed by atoms with E-state index in [-0.39, 0.29) is 24.0 Å². The number of hydrogen-bond acceptors (Lipinski definition) is 6. The summed E-state index contributed by atoms with van der Waals surface area (Å²) < 4.78 is 26.9. The summed E-state index contributed by atoms with van der Waals surface area (Å²) in [5, 5.41) is 6.75. The second kappa shape index (κ2) is 16.2. The van der Waals surface area contributed by atoms with Gasteiger partial charge in [0.25, 0.3) is 0 Å². The van der Waals surface area contributed by atoms with Crippen LogP contribution in [0.3, 0.4) is 0 Å². The standard InChI is InChI=1S/C24H35N3O5.HI/c1-6-32-13-7-12-25-24(26-16-18-8-10-20(28-2)11-9-18)27-17-19-14-21(29-3)23(31-5)22(15-19)30-4;/h8-11,14-15H,6-7,12-13,16-17H2,1-5H3,(H2,25,26,27);1H. The Balaban J connectivity index is 0.00000544. The summed E-state index contributed by atoms with van der Waals surface area (Å²) in [7, 11) is 6.46. The van der Waals surface area contributed by atoms with Crippen LogP contribution in [0.2, 0.25) is 0 Å². The molecular formula is C24H36IN3O5. The number of benzene rings is 2. The van der Waals surface area contributed by atoms with Gasteiger partial charge in [-0.1, -0.05) is 12.1 Å². The van der Waals surface area contributed by atoms with E-state index < -0.39 is 0 Å². The minimum Gasteiger partial charge on any atom is -0.497 e. The maximum atomic E-state index is 5.44. The smallest absolute Gasteiger partial charge is 0.203 e. The molecule has 0 bridgehead atoms. The van der Waals surface area contributed by atoms with E-state index in [1.807, 2.05) is 43.3 Å². The maximum Gasteiger partial charge on any atom is 0.203 e. The molecule has 2 aromatic rings. The molecular weight excluding hydrogens is 537 g/mol. The summed E-state index contributed by atoms with van der Waals surface area (Å²) in [6.07, 6.45) is 0.890. The average molecular weight is 573 g/mol. The van der Waals surface area contributed by atoms with Crippen molar-refractivity contribution < 1.29 is 23.7 Å². The largest absolute Gasteiger partial charge is 0.497 e. The van der Waals surface area contributed by atoms with Gasteiger partial charge in [0.2, 0.25) is 5.75 Å². The fourth-order valence-electron chi connectivity index (χ4n) is 3.03. The zero-order chi connectivity index (χ0) is 23.2. The van der Waals surface area contributed by atoms with Crippen molar-refractivity contribution in [2.75, 3.05) is 48.2 Å². The van der Waals surface area contributed by atoms with E-state index in [1.165, 1.54) is 0 Å². The van der Waals surface area contributed by atoms with E-state index in [4.69, 9.17) is 28.7 Å². The Labute approximate surface area is 214 Å². The normalized spacial score (nSPS) is 10.8. The topological polar surface area (TPSA) is 82.6 Å². The van der Waals surface area contributed by atoms with Crippen molar-refractivity contribution in [3.8, 4) is 23.0 Å². The minimum atomic E-state index is 0. The molecule has 0 atom stereocenters. The van der Waals surface area contributed by atoms with Crippen LogP contribution in [0.4, 0.5) is 0 Å². The number of aliphatic imine (C=N–C) groups is 1. The third kappa shape index (κ3) is 9.55. The van der Waals surface area contributed by atoms with Gasteiger partial charge in [0.1, 0.15) is 5.75 Å². The fraction of sp³-hybridized carbons (Fsp3) is 0.458. The van der Waals surface area contributed by atoms with Crippen LogP contribution < -0.4 is 29.6 Å². The average Bonchev–Trinajstić information content (AvgIpc) is 2.84. The van der Waals surface area contributed by atoms with Crippen LogP contribution >= 0.6 is 24.0 Å². The molecule has 0 radical (unpaired) electrons. The highest BCUT2D eigenvalue weighted by atomic mass is 127. The molecule has 2 aromatic carbocycles. The predicted molar refractivity (Wildman–Crippen MR) is 142 cm³/mol. The first-order valence-electron chi connectivity index (χ1n) is 10.7. The Bertz CT molecular complexity index is 821. The van der Waals surface area contributed by atoms with Gasteiger partial charge in [0.15, 0.2) is 17.5 Å². The van der Waals surface area contributed by atoms with E-state index in [0.29, 0.717) is 42.9 Å². The van der Waals surface area contributed by atoms with Crippen molar-refractivity contribution >= 4 is 29.9 Å². The molecule has 9 heteroatoms. The van der Waals surface area contributed by atoms with Gasteiger partial charge in [-0.2, -0.15) is 0 Å². The zero-order valence-electron chi connectivity index (χ0n) is 20.1. The van der Waals surface area contributed by atoms with E-state index in [9.17, 15) is 0 Å². The number of nitrogens with one attached hydrogen (secondary N) is 2.